The van der Waals surface area contributed by atoms with Crippen molar-refractivity contribution in [3.8, 4) is 23.0 Å². The minimum absolute atomic E-state index is 0.0157. The molecule has 2 aromatic carbocycles. The number of aliphatic imine (C=N–C) groups is 1. The molecule has 0 bridgehead atoms. The number of nitrogens with zero attached hydrogens (tertiary/aromatic N) is 3. The third-order valence-corrected chi connectivity index (χ3v) is 6.44. The second kappa shape index (κ2) is 12.4. The molecule has 1 N–H and O–H groups in total. The van der Waals surface area contributed by atoms with Gasteiger partial charge >= 0.3 is 0 Å². The summed E-state index contributed by atoms with van der Waals surface area (Å²) in [6, 6.07) is 12.7. The van der Waals surface area contributed by atoms with Crippen LogP contribution in [-0.2, 0) is 4.79 Å². The number of methoxy groups -OCH3 is 1. The summed E-state index contributed by atoms with van der Waals surface area (Å²) in [6.07, 6.45) is 4.48. The van der Waals surface area contributed by atoms with Crippen LogP contribution in [0, 0.1) is 5.41 Å². The third kappa shape index (κ3) is 6.51. The van der Waals surface area contributed by atoms with Crippen LogP contribution in [0.5, 0.6) is 23.0 Å². The lowest BCUT2D eigenvalue weighted by Gasteiger charge is -2.20. The first-order valence-corrected chi connectivity index (χ1v) is 13.0. The highest BCUT2D eigenvalue weighted by Crippen LogP contribution is 2.32. The topological polar surface area (TPSA) is 106 Å². The van der Waals surface area contributed by atoms with Crippen molar-refractivity contribution in [2.75, 3.05) is 26.9 Å². The molecule has 1 amide bonds. The molecule has 194 valence electrons. The van der Waals surface area contributed by atoms with Gasteiger partial charge in [0.15, 0.2) is 17.3 Å². The van der Waals surface area contributed by atoms with E-state index < -0.39 is 5.91 Å². The lowest BCUT2D eigenvalue weighted by Crippen LogP contribution is -2.35. The van der Waals surface area contributed by atoms with E-state index in [1.54, 1.807) is 25.3 Å². The zero-order valence-corrected chi connectivity index (χ0v) is 22.0. The Hall–Kier alpha value is -3.79. The molecular weight excluding hydrogens is 492 g/mol. The number of benzene rings is 2. The first kappa shape index (κ1) is 26.3. The second-order valence-electron chi connectivity index (χ2n) is 8.13. The maximum atomic E-state index is 12.7. The fourth-order valence-corrected chi connectivity index (χ4v) is 4.56. The van der Waals surface area contributed by atoms with E-state index >= 15 is 0 Å². The standard InChI is InChI=1S/C27H30N4O5S/c1-4-6-10-24-30-31-25(28)21(26(32)29-27(31)37-24)15-18-11-12-22(23(16-18)34-5-2)36-14-13-35-20-9-7-8-19(17-20)33-3/h7-9,11-12,15-17,28H,4-6,10,13-14H2,1-3H3/b21-15-,28-25?. The number of carbonyl (C=O) groups excluding carboxylic acids is 1. The molecular formula is C27H30N4O5S. The maximum Gasteiger partial charge on any atom is 0.283 e. The molecule has 0 saturated heterocycles. The molecule has 0 aromatic heterocycles. The van der Waals surface area contributed by atoms with E-state index in [-0.39, 0.29) is 11.4 Å². The first-order valence-electron chi connectivity index (χ1n) is 12.2. The van der Waals surface area contributed by atoms with Crippen molar-refractivity contribution in [2.24, 2.45) is 10.1 Å². The largest absolute Gasteiger partial charge is 0.497 e. The predicted octanol–water partition coefficient (Wildman–Crippen LogP) is 5.36. The molecule has 0 fully saturated rings. The highest BCUT2D eigenvalue weighted by atomic mass is 32.2. The highest BCUT2D eigenvalue weighted by molar-refractivity contribution is 8.26. The molecule has 10 heteroatoms. The summed E-state index contributed by atoms with van der Waals surface area (Å²) in [6.45, 7) is 5.09. The second-order valence-corrected chi connectivity index (χ2v) is 9.17. The summed E-state index contributed by atoms with van der Waals surface area (Å²) in [4.78, 5) is 16.9. The number of amidine groups is 2. The number of thioether (sulfide) groups is 1. The first-order chi connectivity index (χ1) is 18.0. The molecule has 4 rings (SSSR count). The van der Waals surface area contributed by atoms with Gasteiger partial charge in [0.2, 0.25) is 5.17 Å². The summed E-state index contributed by atoms with van der Waals surface area (Å²) >= 11 is 1.36. The lowest BCUT2D eigenvalue weighted by molar-refractivity contribution is -0.114. The molecule has 2 heterocycles. The Morgan fingerprint density at radius 3 is 2.62 bits per heavy atom. The van der Waals surface area contributed by atoms with Gasteiger partial charge in [-0.15, -0.1) is 0 Å². The van der Waals surface area contributed by atoms with E-state index in [4.69, 9.17) is 24.4 Å². The quantitative estimate of drug-likeness (QED) is 0.295. The van der Waals surface area contributed by atoms with Gasteiger partial charge in [-0.2, -0.15) is 15.1 Å². The van der Waals surface area contributed by atoms with Crippen LogP contribution in [0.2, 0.25) is 0 Å². The zero-order valence-electron chi connectivity index (χ0n) is 21.2. The predicted molar refractivity (Wildman–Crippen MR) is 146 cm³/mol. The van der Waals surface area contributed by atoms with Crippen molar-refractivity contribution >= 4 is 39.8 Å². The molecule has 9 nitrogen and oxygen atoms in total. The SMILES string of the molecule is CCCCC1=NN2C(=N)/C(=C/c3ccc(OCCOc4cccc(OC)c4)c(OCC)c3)C(=O)N=C2S1. The summed E-state index contributed by atoms with van der Waals surface area (Å²) in [7, 11) is 1.61. The van der Waals surface area contributed by atoms with Crippen LogP contribution in [0.1, 0.15) is 38.7 Å². The zero-order chi connectivity index (χ0) is 26.2. The average Bonchev–Trinajstić information content (AvgIpc) is 3.32. The van der Waals surface area contributed by atoms with Crippen LogP contribution in [-0.4, -0.2) is 53.9 Å². The molecule has 0 aliphatic carbocycles. The molecule has 2 aromatic rings. The maximum absolute atomic E-state index is 12.7. The van der Waals surface area contributed by atoms with Crippen LogP contribution >= 0.6 is 11.8 Å². The molecule has 0 spiro atoms. The number of hydrazone groups is 1. The number of amides is 1. The number of ether oxygens (including phenoxy) is 4. The smallest absolute Gasteiger partial charge is 0.283 e. The minimum Gasteiger partial charge on any atom is -0.497 e. The third-order valence-electron chi connectivity index (χ3n) is 5.47. The molecule has 2 aliphatic heterocycles. The molecule has 0 atom stereocenters. The average molecular weight is 523 g/mol. The highest BCUT2D eigenvalue weighted by Gasteiger charge is 2.35. The van der Waals surface area contributed by atoms with Gasteiger partial charge in [-0.05, 0) is 67.4 Å². The molecule has 0 saturated carbocycles. The van der Waals surface area contributed by atoms with Gasteiger partial charge in [0.1, 0.15) is 29.8 Å². The summed E-state index contributed by atoms with van der Waals surface area (Å²) < 4.78 is 22.6. The Kier molecular flexibility index (Phi) is 8.84. The molecule has 0 radical (unpaired) electrons. The van der Waals surface area contributed by atoms with E-state index in [0.717, 1.165) is 30.1 Å². The van der Waals surface area contributed by atoms with Gasteiger partial charge in [0.25, 0.3) is 5.91 Å². The fourth-order valence-electron chi connectivity index (χ4n) is 3.63. The summed E-state index contributed by atoms with van der Waals surface area (Å²) in [5, 5.41) is 15.8. The van der Waals surface area contributed by atoms with E-state index in [0.29, 0.717) is 47.8 Å². The van der Waals surface area contributed by atoms with E-state index in [1.165, 1.54) is 16.8 Å². The number of hydrogen-bond acceptors (Lipinski definition) is 8. The summed E-state index contributed by atoms with van der Waals surface area (Å²) in [5.74, 6) is 2.07. The number of rotatable bonds is 12. The summed E-state index contributed by atoms with van der Waals surface area (Å²) in [5.41, 5.74) is 0.866. The van der Waals surface area contributed by atoms with Gasteiger partial charge in [-0.1, -0.05) is 25.5 Å². The fraction of sp³-hybridized carbons (Fsp3) is 0.333. The van der Waals surface area contributed by atoms with Crippen molar-refractivity contribution in [2.45, 2.75) is 33.1 Å². The van der Waals surface area contributed by atoms with E-state index in [2.05, 4.69) is 17.0 Å². The molecule has 2 aliphatic rings. The van der Waals surface area contributed by atoms with Crippen LogP contribution in [0.15, 0.2) is 58.1 Å². The Balaban J connectivity index is 1.44. The number of nitrogens with one attached hydrogen (secondary N) is 1. The molecule has 37 heavy (non-hydrogen) atoms. The number of unbranched alkanes of at least 4 members (excludes halogenated alkanes) is 1. The lowest BCUT2D eigenvalue weighted by atomic mass is 10.1. The van der Waals surface area contributed by atoms with Gasteiger partial charge in [-0.3, -0.25) is 10.2 Å². The van der Waals surface area contributed by atoms with Crippen molar-refractivity contribution in [3.63, 3.8) is 0 Å². The van der Waals surface area contributed by atoms with Gasteiger partial charge in [0, 0.05) is 6.07 Å². The van der Waals surface area contributed by atoms with Crippen LogP contribution in [0.25, 0.3) is 6.08 Å². The molecule has 0 unspecified atom stereocenters. The minimum atomic E-state index is -0.455. The van der Waals surface area contributed by atoms with Crippen molar-refractivity contribution < 1.29 is 23.7 Å². The van der Waals surface area contributed by atoms with Crippen LogP contribution in [0.4, 0.5) is 0 Å². The van der Waals surface area contributed by atoms with Crippen molar-refractivity contribution in [1.82, 2.24) is 5.01 Å². The Morgan fingerprint density at radius 2 is 1.84 bits per heavy atom. The van der Waals surface area contributed by atoms with Crippen molar-refractivity contribution in [3.05, 3.63) is 53.6 Å². The van der Waals surface area contributed by atoms with Crippen LogP contribution in [0.3, 0.4) is 0 Å². The van der Waals surface area contributed by atoms with Gasteiger partial charge in [-0.25, -0.2) is 0 Å². The number of hydrogen-bond donors (Lipinski definition) is 1. The van der Waals surface area contributed by atoms with E-state index in [9.17, 15) is 4.79 Å². The normalized spacial score (nSPS) is 15.9. The number of carbonyl (C=O) groups is 1. The number of fused-ring (bicyclic) bond motifs is 1. The van der Waals surface area contributed by atoms with Gasteiger partial charge in [0.05, 0.1) is 19.3 Å². The Labute approximate surface area is 220 Å². The monoisotopic (exact) mass is 522 g/mol. The Morgan fingerprint density at radius 1 is 1.03 bits per heavy atom. The van der Waals surface area contributed by atoms with Gasteiger partial charge < -0.3 is 18.9 Å². The van der Waals surface area contributed by atoms with Crippen LogP contribution < -0.4 is 18.9 Å². The van der Waals surface area contributed by atoms with E-state index in [1.807, 2.05) is 37.3 Å². The Bertz CT molecular complexity index is 1260. The van der Waals surface area contributed by atoms with Crippen molar-refractivity contribution in [1.29, 1.82) is 5.41 Å².